The van der Waals surface area contributed by atoms with Gasteiger partial charge in [-0.15, -0.1) is 11.3 Å². The Hall–Kier alpha value is -2.97. The zero-order valence-electron chi connectivity index (χ0n) is 18.3. The van der Waals surface area contributed by atoms with Crippen molar-refractivity contribution in [2.75, 3.05) is 13.7 Å². The Balaban J connectivity index is 1.78. The van der Waals surface area contributed by atoms with E-state index in [9.17, 15) is 9.59 Å². The maximum Gasteiger partial charge on any atom is 0.338 e. The van der Waals surface area contributed by atoms with Crippen molar-refractivity contribution >= 4 is 34.7 Å². The van der Waals surface area contributed by atoms with E-state index in [1.807, 2.05) is 47.9 Å². The first-order valence-corrected chi connectivity index (χ1v) is 12.0. The number of carbonyl (C=O) groups excluding carboxylic acids is 1. The lowest BCUT2D eigenvalue weighted by molar-refractivity contribution is -0.136. The van der Waals surface area contributed by atoms with Crippen LogP contribution in [-0.2, 0) is 9.53 Å². The molecular weight excluding hydrogens is 444 g/mol. The van der Waals surface area contributed by atoms with Crippen LogP contribution in [0.5, 0.6) is 5.75 Å². The van der Waals surface area contributed by atoms with Crippen molar-refractivity contribution in [2.24, 2.45) is 10.9 Å². The molecule has 1 atom stereocenters. The average Bonchev–Trinajstić information content (AvgIpc) is 3.40. The summed E-state index contributed by atoms with van der Waals surface area (Å²) in [5, 5.41) is 1.93. The summed E-state index contributed by atoms with van der Waals surface area (Å²) in [6.07, 6.45) is 1.85. The molecule has 8 heteroatoms. The fourth-order valence-electron chi connectivity index (χ4n) is 3.48. The predicted molar refractivity (Wildman–Crippen MR) is 127 cm³/mol. The van der Waals surface area contributed by atoms with Crippen LogP contribution in [0.4, 0.5) is 0 Å². The summed E-state index contributed by atoms with van der Waals surface area (Å²) in [5.74, 6) is 0.773. The molecule has 32 heavy (non-hydrogen) atoms. The zero-order chi connectivity index (χ0) is 22.8. The van der Waals surface area contributed by atoms with Gasteiger partial charge in [0.15, 0.2) is 4.80 Å². The second-order valence-electron chi connectivity index (χ2n) is 7.86. The first-order chi connectivity index (χ1) is 15.4. The van der Waals surface area contributed by atoms with Crippen LogP contribution in [0, 0.1) is 5.92 Å². The molecule has 1 unspecified atom stereocenters. The zero-order valence-corrected chi connectivity index (χ0v) is 20.0. The van der Waals surface area contributed by atoms with Crippen molar-refractivity contribution in [3.05, 3.63) is 83.2 Å². The Labute approximate surface area is 193 Å². The van der Waals surface area contributed by atoms with Gasteiger partial charge in [-0.2, -0.15) is 0 Å². The van der Waals surface area contributed by atoms with Gasteiger partial charge >= 0.3 is 5.97 Å². The standard InChI is InChI=1S/C24H24N2O4S2/c1-14(2)13-30-17-9-7-16(8-10-17)12-19-22(27)26-21(18-6-5-11-31-18)20(23(28)29-4)15(3)25-24(26)32-19/h5-12,14,21H,13H2,1-4H3. The molecule has 1 aromatic carbocycles. The van der Waals surface area contributed by atoms with E-state index in [1.54, 1.807) is 11.5 Å². The van der Waals surface area contributed by atoms with Gasteiger partial charge in [0.05, 0.1) is 29.5 Å². The molecule has 0 spiro atoms. The van der Waals surface area contributed by atoms with Crippen molar-refractivity contribution in [3.8, 4) is 5.75 Å². The van der Waals surface area contributed by atoms with Crippen LogP contribution >= 0.6 is 22.7 Å². The summed E-state index contributed by atoms with van der Waals surface area (Å²) >= 11 is 2.81. The molecule has 6 nitrogen and oxygen atoms in total. The fraction of sp³-hybridized carbons (Fsp3) is 0.292. The molecule has 0 radical (unpaired) electrons. The number of benzene rings is 1. The largest absolute Gasteiger partial charge is 0.493 e. The molecule has 4 rings (SSSR count). The second kappa shape index (κ2) is 9.26. The molecule has 1 aliphatic rings. The normalized spacial score (nSPS) is 16.2. The molecule has 0 fully saturated rings. The number of esters is 1. The quantitative estimate of drug-likeness (QED) is 0.519. The van der Waals surface area contributed by atoms with Crippen molar-refractivity contribution < 1.29 is 14.3 Å². The van der Waals surface area contributed by atoms with E-state index in [-0.39, 0.29) is 5.56 Å². The highest BCUT2D eigenvalue weighted by atomic mass is 32.1. The summed E-state index contributed by atoms with van der Waals surface area (Å²) in [7, 11) is 1.34. The van der Waals surface area contributed by atoms with E-state index in [0.29, 0.717) is 33.1 Å². The molecule has 0 saturated heterocycles. The topological polar surface area (TPSA) is 69.9 Å². The van der Waals surface area contributed by atoms with Gasteiger partial charge in [-0.05, 0) is 48.1 Å². The van der Waals surface area contributed by atoms with E-state index < -0.39 is 12.0 Å². The molecular formula is C24H24N2O4S2. The van der Waals surface area contributed by atoms with Crippen LogP contribution < -0.4 is 19.6 Å². The maximum atomic E-state index is 13.4. The number of thiazole rings is 1. The number of aromatic nitrogens is 1. The van der Waals surface area contributed by atoms with Crippen molar-refractivity contribution in [2.45, 2.75) is 26.8 Å². The predicted octanol–water partition coefficient (Wildman–Crippen LogP) is 3.50. The SMILES string of the molecule is COC(=O)C1=C(C)N=c2sc(=Cc3ccc(OCC(C)C)cc3)c(=O)n2C1c1cccs1. The minimum absolute atomic E-state index is 0.179. The highest BCUT2D eigenvalue weighted by Crippen LogP contribution is 2.32. The smallest absolute Gasteiger partial charge is 0.338 e. The third-order valence-electron chi connectivity index (χ3n) is 5.00. The fourth-order valence-corrected chi connectivity index (χ4v) is 5.35. The number of hydrogen-bond acceptors (Lipinski definition) is 7. The Morgan fingerprint density at radius 2 is 2.00 bits per heavy atom. The molecule has 0 bridgehead atoms. The molecule has 3 aromatic rings. The van der Waals surface area contributed by atoms with Gasteiger partial charge in [-0.1, -0.05) is 43.4 Å². The van der Waals surface area contributed by atoms with Gasteiger partial charge in [-0.3, -0.25) is 9.36 Å². The Bertz CT molecular complexity index is 1330. The number of fused-ring (bicyclic) bond motifs is 1. The van der Waals surface area contributed by atoms with Crippen LogP contribution in [0.2, 0.25) is 0 Å². The second-order valence-corrected chi connectivity index (χ2v) is 9.85. The van der Waals surface area contributed by atoms with Crippen molar-refractivity contribution in [1.29, 1.82) is 0 Å². The molecule has 3 heterocycles. The number of allylic oxidation sites excluding steroid dienone is 1. The van der Waals surface area contributed by atoms with Crippen LogP contribution in [-0.4, -0.2) is 24.3 Å². The van der Waals surface area contributed by atoms with Gasteiger partial charge in [-0.25, -0.2) is 9.79 Å². The molecule has 0 N–H and O–H groups in total. The summed E-state index contributed by atoms with van der Waals surface area (Å²) in [6, 6.07) is 10.9. The van der Waals surface area contributed by atoms with E-state index in [0.717, 1.165) is 16.2 Å². The summed E-state index contributed by atoms with van der Waals surface area (Å²) in [5.41, 5.74) is 1.67. The van der Waals surface area contributed by atoms with Gasteiger partial charge in [0.2, 0.25) is 0 Å². The molecule has 2 aromatic heterocycles. The highest BCUT2D eigenvalue weighted by Gasteiger charge is 2.33. The molecule has 0 aliphatic carbocycles. The van der Waals surface area contributed by atoms with E-state index in [1.165, 1.54) is 29.8 Å². The summed E-state index contributed by atoms with van der Waals surface area (Å²) < 4.78 is 12.9. The molecule has 1 aliphatic heterocycles. The van der Waals surface area contributed by atoms with Crippen molar-refractivity contribution in [3.63, 3.8) is 0 Å². The number of nitrogens with zero attached hydrogens (tertiary/aromatic N) is 2. The number of ether oxygens (including phenoxy) is 2. The molecule has 0 saturated carbocycles. The summed E-state index contributed by atoms with van der Waals surface area (Å²) in [4.78, 5) is 32.0. The number of carbonyl (C=O) groups is 1. The number of hydrogen-bond donors (Lipinski definition) is 0. The maximum absolute atomic E-state index is 13.4. The lowest BCUT2D eigenvalue weighted by atomic mass is 10.0. The molecule has 166 valence electrons. The lowest BCUT2D eigenvalue weighted by Crippen LogP contribution is -2.39. The number of thiophene rings is 1. The first kappa shape index (κ1) is 22.2. The summed E-state index contributed by atoms with van der Waals surface area (Å²) in [6.45, 7) is 6.64. The number of rotatable bonds is 6. The Kier molecular flexibility index (Phi) is 6.43. The lowest BCUT2D eigenvalue weighted by Gasteiger charge is -2.22. The first-order valence-electron chi connectivity index (χ1n) is 10.3. The van der Waals surface area contributed by atoms with E-state index in [4.69, 9.17) is 9.47 Å². The Morgan fingerprint density at radius 3 is 2.62 bits per heavy atom. The van der Waals surface area contributed by atoms with E-state index >= 15 is 0 Å². The van der Waals surface area contributed by atoms with Crippen LogP contribution in [0.1, 0.15) is 37.3 Å². The van der Waals surface area contributed by atoms with Crippen LogP contribution in [0.3, 0.4) is 0 Å². The third kappa shape index (κ3) is 4.33. The van der Waals surface area contributed by atoms with Crippen LogP contribution in [0.15, 0.2) is 62.8 Å². The molecule has 0 amide bonds. The van der Waals surface area contributed by atoms with Gasteiger partial charge in [0.25, 0.3) is 5.56 Å². The van der Waals surface area contributed by atoms with Gasteiger partial charge < -0.3 is 9.47 Å². The Morgan fingerprint density at radius 1 is 1.25 bits per heavy atom. The van der Waals surface area contributed by atoms with E-state index in [2.05, 4.69) is 18.8 Å². The minimum atomic E-state index is -0.548. The van der Waals surface area contributed by atoms with Gasteiger partial charge in [0, 0.05) is 4.88 Å². The van der Waals surface area contributed by atoms with Gasteiger partial charge in [0.1, 0.15) is 11.8 Å². The highest BCUT2D eigenvalue weighted by molar-refractivity contribution is 7.10. The minimum Gasteiger partial charge on any atom is -0.493 e. The monoisotopic (exact) mass is 468 g/mol. The van der Waals surface area contributed by atoms with Crippen molar-refractivity contribution in [1.82, 2.24) is 4.57 Å². The average molecular weight is 469 g/mol. The van der Waals surface area contributed by atoms with Crippen LogP contribution in [0.25, 0.3) is 6.08 Å². The third-order valence-corrected chi connectivity index (χ3v) is 6.91. The number of methoxy groups -OCH3 is 1.